The van der Waals surface area contributed by atoms with Gasteiger partial charge in [-0.05, 0) is 45.7 Å². The number of nitrogens with zero attached hydrogens (tertiary/aromatic N) is 2. The molecule has 2 N–H and O–H groups in total. The summed E-state index contributed by atoms with van der Waals surface area (Å²) in [5.41, 5.74) is 2.13. The van der Waals surface area contributed by atoms with Crippen LogP contribution in [0.15, 0.2) is 134 Å². The quantitative estimate of drug-likeness (QED) is 0.177. The van der Waals surface area contributed by atoms with Gasteiger partial charge < -0.3 is 14.8 Å². The van der Waals surface area contributed by atoms with Crippen LogP contribution in [-0.2, 0) is 11.1 Å². The van der Waals surface area contributed by atoms with Crippen LogP contribution in [0.25, 0.3) is 10.8 Å². The zero-order valence-corrected chi connectivity index (χ0v) is 24.6. The van der Waals surface area contributed by atoms with Crippen molar-refractivity contribution in [3.63, 3.8) is 0 Å². The van der Waals surface area contributed by atoms with Crippen molar-refractivity contribution in [3.05, 3.63) is 172 Å². The lowest BCUT2D eigenvalue weighted by atomic mass is 9.76. The van der Waals surface area contributed by atoms with Gasteiger partial charge in [0.2, 0.25) is 0 Å². The molecule has 0 saturated carbocycles. The molecule has 0 radical (unpaired) electrons. The number of hydrogen-bond acceptors (Lipinski definition) is 3. The van der Waals surface area contributed by atoms with E-state index in [1.165, 1.54) is 6.07 Å². The number of aliphatic hydroxyl groups is 1. The summed E-state index contributed by atoms with van der Waals surface area (Å²) in [7, 11) is 0. The number of rotatable bonds is 8. The average Bonchev–Trinajstić information content (AvgIpc) is 3.53. The standard InChI is InChI=1S/C37H31ClN2O3/c1-25(2)37(43,30-19-21-31-26(22-30)18-20-32(34(31)38)35(41)42)33-23-40(24-39-33)36(27-12-6-3-7-13-27,28-14-8-4-9-15-28)29-16-10-5-11-17-29/h3-25,43H,1-2H3,(H,41,42). The molecule has 1 unspecified atom stereocenters. The lowest BCUT2D eigenvalue weighted by Crippen LogP contribution is -2.37. The van der Waals surface area contributed by atoms with Crippen molar-refractivity contribution in [3.8, 4) is 0 Å². The molecule has 0 aliphatic rings. The number of benzene rings is 5. The van der Waals surface area contributed by atoms with Gasteiger partial charge in [0.1, 0.15) is 11.1 Å². The Hall–Kier alpha value is -4.71. The second kappa shape index (κ2) is 11.2. The number of carboxylic acids is 1. The van der Waals surface area contributed by atoms with E-state index >= 15 is 0 Å². The number of aromatic carboxylic acids is 1. The van der Waals surface area contributed by atoms with E-state index in [0.29, 0.717) is 16.6 Å². The van der Waals surface area contributed by atoms with E-state index in [9.17, 15) is 15.0 Å². The fourth-order valence-electron chi connectivity index (χ4n) is 6.16. The normalized spacial score (nSPS) is 13.2. The number of fused-ring (bicyclic) bond motifs is 1. The third-order valence-electron chi connectivity index (χ3n) is 8.40. The molecule has 0 aliphatic carbocycles. The van der Waals surface area contributed by atoms with Crippen LogP contribution < -0.4 is 0 Å². The molecule has 1 aromatic heterocycles. The van der Waals surface area contributed by atoms with Crippen LogP contribution in [0.2, 0.25) is 5.02 Å². The molecule has 0 fully saturated rings. The molecular weight excluding hydrogens is 556 g/mol. The lowest BCUT2D eigenvalue weighted by Gasteiger charge is -2.37. The Morgan fingerprint density at radius 3 is 1.79 bits per heavy atom. The number of halogens is 1. The molecule has 6 heteroatoms. The van der Waals surface area contributed by atoms with Crippen molar-refractivity contribution in [1.82, 2.24) is 9.55 Å². The predicted molar refractivity (Wildman–Crippen MR) is 171 cm³/mol. The van der Waals surface area contributed by atoms with Crippen molar-refractivity contribution in [2.24, 2.45) is 5.92 Å². The largest absolute Gasteiger partial charge is 0.478 e. The molecule has 6 rings (SSSR count). The van der Waals surface area contributed by atoms with Crippen molar-refractivity contribution in [1.29, 1.82) is 0 Å². The summed E-state index contributed by atoms with van der Waals surface area (Å²) in [4.78, 5) is 16.5. The summed E-state index contributed by atoms with van der Waals surface area (Å²) in [5.74, 6) is -1.33. The van der Waals surface area contributed by atoms with Crippen LogP contribution in [0.5, 0.6) is 0 Å². The Bertz CT molecular complexity index is 1810. The fourth-order valence-corrected chi connectivity index (χ4v) is 6.48. The van der Waals surface area contributed by atoms with Crippen LogP contribution in [0.4, 0.5) is 0 Å². The van der Waals surface area contributed by atoms with Gasteiger partial charge in [0, 0.05) is 11.6 Å². The molecule has 0 aliphatic heterocycles. The van der Waals surface area contributed by atoms with E-state index in [-0.39, 0.29) is 16.5 Å². The van der Waals surface area contributed by atoms with Gasteiger partial charge in [-0.25, -0.2) is 9.78 Å². The van der Waals surface area contributed by atoms with Gasteiger partial charge in [-0.1, -0.05) is 135 Å². The second-order valence-electron chi connectivity index (χ2n) is 11.1. The van der Waals surface area contributed by atoms with Gasteiger partial charge in [-0.3, -0.25) is 0 Å². The molecular formula is C37H31ClN2O3. The fraction of sp³-hybridized carbons (Fsp3) is 0.135. The molecule has 214 valence electrons. The minimum atomic E-state index is -1.45. The number of hydrogen-bond donors (Lipinski definition) is 2. The van der Waals surface area contributed by atoms with E-state index in [1.807, 2.05) is 80.7 Å². The molecule has 5 nitrogen and oxygen atoms in total. The van der Waals surface area contributed by atoms with Gasteiger partial charge in [-0.2, -0.15) is 0 Å². The molecule has 0 saturated heterocycles. The number of carbonyl (C=O) groups is 1. The van der Waals surface area contributed by atoms with Crippen LogP contribution in [0.3, 0.4) is 0 Å². The molecule has 0 bridgehead atoms. The second-order valence-corrected chi connectivity index (χ2v) is 11.4. The first-order valence-electron chi connectivity index (χ1n) is 14.2. The van der Waals surface area contributed by atoms with Crippen LogP contribution in [0, 0.1) is 5.92 Å². The minimum absolute atomic E-state index is 0.0406. The Morgan fingerprint density at radius 2 is 1.30 bits per heavy atom. The van der Waals surface area contributed by atoms with Crippen molar-refractivity contribution >= 4 is 28.3 Å². The number of aromatic nitrogens is 2. The van der Waals surface area contributed by atoms with E-state index in [0.717, 1.165) is 22.1 Å². The summed E-state index contributed by atoms with van der Waals surface area (Å²) in [6, 6.07) is 39.6. The summed E-state index contributed by atoms with van der Waals surface area (Å²) in [6.07, 6.45) is 3.74. The first-order chi connectivity index (χ1) is 20.8. The lowest BCUT2D eigenvalue weighted by molar-refractivity contribution is 0.0279. The van der Waals surface area contributed by atoms with Gasteiger partial charge in [0.25, 0.3) is 0 Å². The Kier molecular flexibility index (Phi) is 7.38. The van der Waals surface area contributed by atoms with Gasteiger partial charge in [0.15, 0.2) is 0 Å². The van der Waals surface area contributed by atoms with Crippen molar-refractivity contribution in [2.75, 3.05) is 0 Å². The predicted octanol–water partition coefficient (Wildman–Crippen LogP) is 8.12. The van der Waals surface area contributed by atoms with Gasteiger partial charge in [0.05, 0.1) is 22.6 Å². The summed E-state index contributed by atoms with van der Waals surface area (Å²) >= 11 is 6.45. The highest BCUT2D eigenvalue weighted by Gasteiger charge is 2.42. The van der Waals surface area contributed by atoms with Gasteiger partial charge in [-0.15, -0.1) is 0 Å². The maximum absolute atomic E-state index is 12.5. The zero-order chi connectivity index (χ0) is 30.2. The van der Waals surface area contributed by atoms with E-state index < -0.39 is 17.1 Å². The zero-order valence-electron chi connectivity index (χ0n) is 23.9. The molecule has 6 aromatic rings. The third kappa shape index (κ3) is 4.62. The summed E-state index contributed by atoms with van der Waals surface area (Å²) < 4.78 is 2.09. The van der Waals surface area contributed by atoms with E-state index in [4.69, 9.17) is 16.6 Å². The van der Waals surface area contributed by atoms with E-state index in [1.54, 1.807) is 24.5 Å². The first kappa shape index (κ1) is 28.4. The molecule has 1 atom stereocenters. The summed E-state index contributed by atoms with van der Waals surface area (Å²) in [6.45, 7) is 3.92. The SMILES string of the molecule is CC(C)C(O)(c1ccc2c(Cl)c(C(=O)O)ccc2c1)c1cn(C(c2ccccc2)(c2ccccc2)c2ccccc2)cn1. The van der Waals surface area contributed by atoms with Crippen molar-refractivity contribution < 1.29 is 15.0 Å². The van der Waals surface area contributed by atoms with Crippen LogP contribution in [0.1, 0.15) is 52.2 Å². The van der Waals surface area contributed by atoms with Crippen molar-refractivity contribution in [2.45, 2.75) is 25.0 Å². The van der Waals surface area contributed by atoms with Gasteiger partial charge >= 0.3 is 5.97 Å². The number of carboxylic acid groups (broad SMARTS) is 1. The maximum atomic E-state index is 12.5. The molecule has 5 aromatic carbocycles. The molecule has 0 amide bonds. The first-order valence-corrected chi connectivity index (χ1v) is 14.6. The average molecular weight is 587 g/mol. The minimum Gasteiger partial charge on any atom is -0.478 e. The Labute approximate surface area is 255 Å². The monoisotopic (exact) mass is 586 g/mol. The highest BCUT2D eigenvalue weighted by atomic mass is 35.5. The topological polar surface area (TPSA) is 75.3 Å². The molecule has 43 heavy (non-hydrogen) atoms. The van der Waals surface area contributed by atoms with E-state index in [2.05, 4.69) is 41.0 Å². The maximum Gasteiger partial charge on any atom is 0.337 e. The number of imidazole rings is 1. The molecule has 1 heterocycles. The summed E-state index contributed by atoms with van der Waals surface area (Å²) in [5, 5.41) is 23.5. The third-order valence-corrected chi connectivity index (χ3v) is 8.80. The van der Waals surface area contributed by atoms with Crippen LogP contribution >= 0.6 is 11.6 Å². The van der Waals surface area contributed by atoms with Crippen LogP contribution in [-0.4, -0.2) is 25.7 Å². The smallest absolute Gasteiger partial charge is 0.337 e. The Morgan fingerprint density at radius 1 is 0.767 bits per heavy atom. The Balaban J connectivity index is 1.57. The highest BCUT2D eigenvalue weighted by Crippen LogP contribution is 2.43. The highest BCUT2D eigenvalue weighted by molar-refractivity contribution is 6.38. The molecule has 0 spiro atoms.